The predicted molar refractivity (Wildman–Crippen MR) is 66.2 cm³/mol. The molecule has 0 aliphatic heterocycles. The average Bonchev–Trinajstić information content (AvgIpc) is 2.78. The zero-order valence-electron chi connectivity index (χ0n) is 8.24. The molecule has 0 bridgehead atoms. The zero-order chi connectivity index (χ0) is 10.7. The Hall–Kier alpha value is -1.04. The first-order chi connectivity index (χ1) is 7.33. The molecule has 0 aliphatic rings. The first-order valence-electron chi connectivity index (χ1n) is 4.48. The van der Waals surface area contributed by atoms with Crippen molar-refractivity contribution in [1.29, 1.82) is 0 Å². The van der Waals surface area contributed by atoms with Gasteiger partial charge < -0.3 is 9.15 Å². The highest BCUT2D eigenvalue weighted by molar-refractivity contribution is 14.1. The van der Waals surface area contributed by atoms with Crippen LogP contribution in [0.1, 0.15) is 5.69 Å². The molecule has 2 rings (SSSR count). The maximum absolute atomic E-state index is 5.36. The molecule has 1 aromatic heterocycles. The molecule has 0 saturated heterocycles. The Morgan fingerprint density at radius 2 is 2.07 bits per heavy atom. The molecule has 0 atom stereocenters. The lowest BCUT2D eigenvalue weighted by Gasteiger charge is -1.99. The van der Waals surface area contributed by atoms with E-state index in [1.54, 1.807) is 13.4 Å². The van der Waals surface area contributed by atoms with E-state index in [-0.39, 0.29) is 0 Å². The first-order valence-corrected chi connectivity index (χ1v) is 6.01. The topological polar surface area (TPSA) is 35.3 Å². The summed E-state index contributed by atoms with van der Waals surface area (Å²) in [5.41, 5.74) is 1.92. The van der Waals surface area contributed by atoms with Gasteiger partial charge in [0.15, 0.2) is 0 Å². The fourth-order valence-corrected chi connectivity index (χ4v) is 1.58. The quantitative estimate of drug-likeness (QED) is 0.644. The van der Waals surface area contributed by atoms with Crippen LogP contribution >= 0.6 is 22.6 Å². The molecule has 78 valence electrons. The number of alkyl halides is 1. The monoisotopic (exact) mass is 315 g/mol. The van der Waals surface area contributed by atoms with E-state index in [2.05, 4.69) is 27.6 Å². The number of methoxy groups -OCH3 is 1. The number of oxazole rings is 1. The largest absolute Gasteiger partial charge is 0.497 e. The Labute approximate surface area is 102 Å². The Kier molecular flexibility index (Phi) is 3.25. The SMILES string of the molecule is COc1ccc(-c2nc(CI)co2)cc1. The molecule has 0 unspecified atom stereocenters. The van der Waals surface area contributed by atoms with E-state index in [4.69, 9.17) is 9.15 Å². The normalized spacial score (nSPS) is 10.3. The fraction of sp³-hybridized carbons (Fsp3) is 0.182. The maximum Gasteiger partial charge on any atom is 0.226 e. The Bertz CT molecular complexity index is 436. The van der Waals surface area contributed by atoms with Crippen LogP contribution in [-0.4, -0.2) is 12.1 Å². The molecule has 0 radical (unpaired) electrons. The minimum Gasteiger partial charge on any atom is -0.497 e. The minimum atomic E-state index is 0.657. The number of ether oxygens (including phenoxy) is 1. The summed E-state index contributed by atoms with van der Waals surface area (Å²) in [5.74, 6) is 1.49. The van der Waals surface area contributed by atoms with Gasteiger partial charge in [-0.3, -0.25) is 0 Å². The highest BCUT2D eigenvalue weighted by Crippen LogP contribution is 2.22. The van der Waals surface area contributed by atoms with E-state index in [0.29, 0.717) is 5.89 Å². The van der Waals surface area contributed by atoms with E-state index in [1.165, 1.54) is 0 Å². The number of rotatable bonds is 3. The lowest BCUT2D eigenvalue weighted by atomic mass is 10.2. The number of hydrogen-bond acceptors (Lipinski definition) is 3. The molecule has 4 heteroatoms. The summed E-state index contributed by atoms with van der Waals surface area (Å²) < 4.78 is 11.3. The van der Waals surface area contributed by atoms with Crippen LogP contribution in [0.2, 0.25) is 0 Å². The van der Waals surface area contributed by atoms with Gasteiger partial charge in [-0.05, 0) is 24.3 Å². The summed E-state index contributed by atoms with van der Waals surface area (Å²) in [6.45, 7) is 0. The van der Waals surface area contributed by atoms with Crippen LogP contribution in [-0.2, 0) is 4.43 Å². The van der Waals surface area contributed by atoms with Crippen molar-refractivity contribution < 1.29 is 9.15 Å². The second-order valence-electron chi connectivity index (χ2n) is 3.01. The lowest BCUT2D eigenvalue weighted by Crippen LogP contribution is -1.83. The molecule has 0 amide bonds. The highest BCUT2D eigenvalue weighted by atomic mass is 127. The Balaban J connectivity index is 2.28. The Morgan fingerprint density at radius 1 is 1.33 bits per heavy atom. The molecule has 0 N–H and O–H groups in total. The number of aromatic nitrogens is 1. The number of hydrogen-bond donors (Lipinski definition) is 0. The summed E-state index contributed by atoms with van der Waals surface area (Å²) in [6, 6.07) is 7.65. The van der Waals surface area contributed by atoms with Crippen LogP contribution in [0.25, 0.3) is 11.5 Å². The van der Waals surface area contributed by atoms with Crippen LogP contribution in [0.4, 0.5) is 0 Å². The highest BCUT2D eigenvalue weighted by Gasteiger charge is 2.05. The number of benzene rings is 1. The first kappa shape index (κ1) is 10.5. The van der Waals surface area contributed by atoms with E-state index >= 15 is 0 Å². The predicted octanol–water partition coefficient (Wildman–Crippen LogP) is 3.29. The molecular formula is C11H10INO2. The van der Waals surface area contributed by atoms with Crippen molar-refractivity contribution >= 4 is 22.6 Å². The minimum absolute atomic E-state index is 0.657. The third-order valence-electron chi connectivity index (χ3n) is 2.03. The van der Waals surface area contributed by atoms with Crippen LogP contribution in [0.5, 0.6) is 5.75 Å². The lowest BCUT2D eigenvalue weighted by molar-refractivity contribution is 0.415. The third-order valence-corrected chi connectivity index (χ3v) is 2.81. The second-order valence-corrected chi connectivity index (χ2v) is 3.77. The van der Waals surface area contributed by atoms with Crippen molar-refractivity contribution in [3.63, 3.8) is 0 Å². The van der Waals surface area contributed by atoms with Gasteiger partial charge in [-0.1, -0.05) is 22.6 Å². The third kappa shape index (κ3) is 2.31. The Morgan fingerprint density at radius 3 is 2.60 bits per heavy atom. The van der Waals surface area contributed by atoms with Crippen molar-refractivity contribution in [3.8, 4) is 17.2 Å². The van der Waals surface area contributed by atoms with E-state index in [1.807, 2.05) is 24.3 Å². The number of nitrogens with zero attached hydrogens (tertiary/aromatic N) is 1. The van der Waals surface area contributed by atoms with Gasteiger partial charge in [0.1, 0.15) is 12.0 Å². The standard InChI is InChI=1S/C11H10INO2/c1-14-10-4-2-8(3-5-10)11-13-9(6-12)7-15-11/h2-5,7H,6H2,1H3. The number of halogens is 1. The molecule has 0 saturated carbocycles. The molecule has 0 fully saturated rings. The molecule has 1 heterocycles. The summed E-state index contributed by atoms with van der Waals surface area (Å²) >= 11 is 2.25. The van der Waals surface area contributed by atoms with Gasteiger partial charge in [-0.15, -0.1) is 0 Å². The van der Waals surface area contributed by atoms with E-state index in [0.717, 1.165) is 21.4 Å². The van der Waals surface area contributed by atoms with Crippen molar-refractivity contribution in [1.82, 2.24) is 4.98 Å². The molecule has 0 spiro atoms. The van der Waals surface area contributed by atoms with Gasteiger partial charge in [0.2, 0.25) is 5.89 Å². The van der Waals surface area contributed by atoms with Gasteiger partial charge in [0, 0.05) is 9.99 Å². The van der Waals surface area contributed by atoms with Crippen molar-refractivity contribution in [2.75, 3.05) is 7.11 Å². The second kappa shape index (κ2) is 4.65. The molecule has 15 heavy (non-hydrogen) atoms. The van der Waals surface area contributed by atoms with Gasteiger partial charge in [0.05, 0.1) is 12.8 Å². The van der Waals surface area contributed by atoms with Gasteiger partial charge >= 0.3 is 0 Å². The van der Waals surface area contributed by atoms with Crippen molar-refractivity contribution in [2.24, 2.45) is 0 Å². The summed E-state index contributed by atoms with van der Waals surface area (Å²) in [5, 5.41) is 0. The summed E-state index contributed by atoms with van der Waals surface area (Å²) in [6.07, 6.45) is 1.69. The van der Waals surface area contributed by atoms with Crippen LogP contribution < -0.4 is 4.74 Å². The van der Waals surface area contributed by atoms with Gasteiger partial charge in [0.25, 0.3) is 0 Å². The summed E-state index contributed by atoms with van der Waals surface area (Å²) in [4.78, 5) is 4.34. The van der Waals surface area contributed by atoms with Gasteiger partial charge in [-0.25, -0.2) is 4.98 Å². The van der Waals surface area contributed by atoms with E-state index in [9.17, 15) is 0 Å². The summed E-state index contributed by atoms with van der Waals surface area (Å²) in [7, 11) is 1.65. The van der Waals surface area contributed by atoms with Crippen molar-refractivity contribution in [3.05, 3.63) is 36.2 Å². The van der Waals surface area contributed by atoms with Crippen molar-refractivity contribution in [2.45, 2.75) is 4.43 Å². The van der Waals surface area contributed by atoms with Crippen LogP contribution in [0.3, 0.4) is 0 Å². The smallest absolute Gasteiger partial charge is 0.226 e. The zero-order valence-corrected chi connectivity index (χ0v) is 10.4. The van der Waals surface area contributed by atoms with Gasteiger partial charge in [-0.2, -0.15) is 0 Å². The van der Waals surface area contributed by atoms with Crippen LogP contribution in [0.15, 0.2) is 34.9 Å². The average molecular weight is 315 g/mol. The van der Waals surface area contributed by atoms with E-state index < -0.39 is 0 Å². The van der Waals surface area contributed by atoms with Crippen LogP contribution in [0, 0.1) is 0 Å². The molecule has 3 nitrogen and oxygen atoms in total. The fourth-order valence-electron chi connectivity index (χ4n) is 1.23. The molecule has 0 aliphatic carbocycles. The maximum atomic E-state index is 5.36. The molecule has 1 aromatic carbocycles. The molecular weight excluding hydrogens is 305 g/mol. The molecule has 2 aromatic rings.